The molecule has 21 heavy (non-hydrogen) atoms. The van der Waals surface area contributed by atoms with Gasteiger partial charge >= 0.3 is 0 Å². The Labute approximate surface area is 131 Å². The van der Waals surface area contributed by atoms with Gasteiger partial charge in [-0.25, -0.2) is 9.97 Å². The van der Waals surface area contributed by atoms with Crippen molar-refractivity contribution in [1.29, 1.82) is 0 Å². The second-order valence-electron chi connectivity index (χ2n) is 4.94. The van der Waals surface area contributed by atoms with Crippen molar-refractivity contribution in [3.63, 3.8) is 0 Å². The monoisotopic (exact) mass is 301 g/mol. The van der Waals surface area contributed by atoms with Gasteiger partial charge in [-0.3, -0.25) is 0 Å². The Morgan fingerprint density at radius 3 is 2.57 bits per heavy atom. The second kappa shape index (κ2) is 8.67. The van der Waals surface area contributed by atoms with Crippen molar-refractivity contribution in [3.05, 3.63) is 47.9 Å². The molecule has 0 aliphatic carbocycles. The van der Waals surface area contributed by atoms with Crippen LogP contribution in [-0.4, -0.2) is 16.5 Å². The number of thioether (sulfide) groups is 1. The van der Waals surface area contributed by atoms with Gasteiger partial charge in [0.1, 0.15) is 11.6 Å². The van der Waals surface area contributed by atoms with Crippen LogP contribution in [0.4, 0.5) is 5.82 Å². The van der Waals surface area contributed by atoms with E-state index in [1.165, 1.54) is 4.90 Å². The number of hydrogen-bond acceptors (Lipinski definition) is 4. The van der Waals surface area contributed by atoms with Gasteiger partial charge in [0.15, 0.2) is 0 Å². The Balaban J connectivity index is 2.07. The number of rotatable bonds is 8. The molecule has 2 aromatic rings. The van der Waals surface area contributed by atoms with E-state index in [1.54, 1.807) is 11.8 Å². The molecule has 1 aromatic carbocycles. The maximum Gasteiger partial charge on any atom is 0.141 e. The number of anilines is 1. The van der Waals surface area contributed by atoms with E-state index in [-0.39, 0.29) is 0 Å². The van der Waals surface area contributed by atoms with Crippen molar-refractivity contribution in [1.82, 2.24) is 9.97 Å². The largest absolute Gasteiger partial charge is 0.370 e. The highest BCUT2D eigenvalue weighted by molar-refractivity contribution is 7.98. The van der Waals surface area contributed by atoms with Gasteiger partial charge < -0.3 is 5.32 Å². The molecule has 1 aromatic heterocycles. The number of nitrogens with one attached hydrogen (secondary N) is 1. The van der Waals surface area contributed by atoms with E-state index < -0.39 is 0 Å². The minimum atomic E-state index is 0.808. The molecule has 0 aliphatic heterocycles. The van der Waals surface area contributed by atoms with E-state index in [0.717, 1.165) is 48.9 Å². The summed E-state index contributed by atoms with van der Waals surface area (Å²) < 4.78 is 0. The lowest BCUT2D eigenvalue weighted by atomic mass is 10.2. The molecule has 0 bridgehead atoms. The van der Waals surface area contributed by atoms with Gasteiger partial charge in [0, 0.05) is 23.2 Å². The maximum atomic E-state index is 4.67. The summed E-state index contributed by atoms with van der Waals surface area (Å²) in [5.74, 6) is 2.68. The third-order valence-corrected chi connectivity index (χ3v) is 4.01. The number of hydrogen-bond donors (Lipinski definition) is 1. The Bertz CT molecular complexity index is 543. The SMILES string of the molecule is CCCNc1cc(CCC)nc(CSc2ccccc2)n1. The number of benzene rings is 1. The van der Waals surface area contributed by atoms with Crippen LogP contribution in [-0.2, 0) is 12.2 Å². The highest BCUT2D eigenvalue weighted by Gasteiger charge is 2.05. The zero-order valence-electron chi connectivity index (χ0n) is 12.8. The number of aryl methyl sites for hydroxylation is 1. The van der Waals surface area contributed by atoms with Crippen LogP contribution in [0.25, 0.3) is 0 Å². The van der Waals surface area contributed by atoms with Crippen LogP contribution < -0.4 is 5.32 Å². The summed E-state index contributed by atoms with van der Waals surface area (Å²) in [5, 5.41) is 3.37. The zero-order valence-corrected chi connectivity index (χ0v) is 13.6. The molecule has 1 N–H and O–H groups in total. The molecule has 0 fully saturated rings. The molecule has 0 atom stereocenters. The van der Waals surface area contributed by atoms with Crippen LogP contribution in [0.2, 0.25) is 0 Å². The lowest BCUT2D eigenvalue weighted by Crippen LogP contribution is -2.07. The fourth-order valence-electron chi connectivity index (χ4n) is 2.01. The molecule has 112 valence electrons. The van der Waals surface area contributed by atoms with E-state index in [0.29, 0.717) is 0 Å². The molecule has 1 heterocycles. The third-order valence-electron chi connectivity index (χ3n) is 3.00. The smallest absolute Gasteiger partial charge is 0.141 e. The van der Waals surface area contributed by atoms with Crippen molar-refractivity contribution in [2.24, 2.45) is 0 Å². The van der Waals surface area contributed by atoms with Gasteiger partial charge in [0.2, 0.25) is 0 Å². The Morgan fingerprint density at radius 2 is 1.86 bits per heavy atom. The molecular weight excluding hydrogens is 278 g/mol. The summed E-state index contributed by atoms with van der Waals surface area (Å²) in [7, 11) is 0. The molecular formula is C17H23N3S. The highest BCUT2D eigenvalue weighted by atomic mass is 32.2. The Hall–Kier alpha value is -1.55. The first-order chi connectivity index (χ1) is 10.3. The molecule has 2 rings (SSSR count). The first-order valence-corrected chi connectivity index (χ1v) is 8.59. The zero-order chi connectivity index (χ0) is 14.9. The summed E-state index contributed by atoms with van der Waals surface area (Å²) in [6.07, 6.45) is 3.21. The van der Waals surface area contributed by atoms with E-state index in [1.807, 2.05) is 6.07 Å². The molecule has 0 spiro atoms. The van der Waals surface area contributed by atoms with Gasteiger partial charge in [-0.15, -0.1) is 11.8 Å². The molecule has 0 amide bonds. The van der Waals surface area contributed by atoms with Crippen LogP contribution in [0.15, 0.2) is 41.3 Å². The normalized spacial score (nSPS) is 10.6. The predicted octanol–water partition coefficient (Wildman–Crippen LogP) is 4.54. The van der Waals surface area contributed by atoms with Crippen LogP contribution in [0.5, 0.6) is 0 Å². The average molecular weight is 301 g/mol. The first kappa shape index (κ1) is 15.8. The molecule has 4 heteroatoms. The van der Waals surface area contributed by atoms with Crippen LogP contribution in [0.1, 0.15) is 38.2 Å². The standard InChI is InChI=1S/C17H23N3S/c1-3-8-14-12-16(18-11-4-2)20-17(19-14)13-21-15-9-6-5-7-10-15/h5-7,9-10,12H,3-4,8,11,13H2,1-2H3,(H,18,19,20). The van der Waals surface area contributed by atoms with Crippen LogP contribution in [0.3, 0.4) is 0 Å². The quantitative estimate of drug-likeness (QED) is 0.726. The highest BCUT2D eigenvalue weighted by Crippen LogP contribution is 2.21. The molecule has 0 saturated carbocycles. The van der Waals surface area contributed by atoms with E-state index in [9.17, 15) is 0 Å². The summed E-state index contributed by atoms with van der Waals surface area (Å²) in [5.41, 5.74) is 1.13. The molecule has 0 unspecified atom stereocenters. The van der Waals surface area contributed by atoms with Crippen molar-refractivity contribution >= 4 is 17.6 Å². The molecule has 0 radical (unpaired) electrons. The molecule has 0 aliphatic rings. The summed E-state index contributed by atoms with van der Waals surface area (Å²) in [6, 6.07) is 12.5. The third kappa shape index (κ3) is 5.38. The predicted molar refractivity (Wildman–Crippen MR) is 90.8 cm³/mol. The number of nitrogens with zero attached hydrogens (tertiary/aromatic N) is 2. The van der Waals surface area contributed by atoms with Crippen molar-refractivity contribution in [2.75, 3.05) is 11.9 Å². The van der Waals surface area contributed by atoms with Gasteiger partial charge in [0.05, 0.1) is 5.75 Å². The number of aromatic nitrogens is 2. The summed E-state index contributed by atoms with van der Waals surface area (Å²) in [4.78, 5) is 10.6. The van der Waals surface area contributed by atoms with Gasteiger partial charge in [0.25, 0.3) is 0 Å². The minimum absolute atomic E-state index is 0.808. The van der Waals surface area contributed by atoms with E-state index >= 15 is 0 Å². The van der Waals surface area contributed by atoms with Crippen molar-refractivity contribution < 1.29 is 0 Å². The van der Waals surface area contributed by atoms with Gasteiger partial charge in [-0.1, -0.05) is 38.5 Å². The van der Waals surface area contributed by atoms with Crippen LogP contribution >= 0.6 is 11.8 Å². The topological polar surface area (TPSA) is 37.8 Å². The average Bonchev–Trinajstić information content (AvgIpc) is 2.52. The minimum Gasteiger partial charge on any atom is -0.370 e. The van der Waals surface area contributed by atoms with Crippen LogP contribution in [0, 0.1) is 0 Å². The van der Waals surface area contributed by atoms with E-state index in [2.05, 4.69) is 59.5 Å². The van der Waals surface area contributed by atoms with Gasteiger partial charge in [-0.2, -0.15) is 0 Å². The fourth-order valence-corrected chi connectivity index (χ4v) is 2.78. The second-order valence-corrected chi connectivity index (χ2v) is 5.99. The van der Waals surface area contributed by atoms with Crippen molar-refractivity contribution in [3.8, 4) is 0 Å². The van der Waals surface area contributed by atoms with Gasteiger partial charge in [-0.05, 0) is 25.0 Å². The fraction of sp³-hybridized carbons (Fsp3) is 0.412. The van der Waals surface area contributed by atoms with Crippen molar-refractivity contribution in [2.45, 2.75) is 43.8 Å². The first-order valence-electron chi connectivity index (χ1n) is 7.60. The summed E-state index contributed by atoms with van der Waals surface area (Å²) in [6.45, 7) is 5.29. The molecule has 0 saturated heterocycles. The van der Waals surface area contributed by atoms with E-state index in [4.69, 9.17) is 0 Å². The maximum absolute atomic E-state index is 4.67. The lowest BCUT2D eigenvalue weighted by Gasteiger charge is -2.09. The summed E-state index contributed by atoms with van der Waals surface area (Å²) >= 11 is 1.78. The Kier molecular flexibility index (Phi) is 6.54. The lowest BCUT2D eigenvalue weighted by molar-refractivity contribution is 0.850. The Morgan fingerprint density at radius 1 is 1.05 bits per heavy atom. The molecule has 3 nitrogen and oxygen atoms in total.